The Morgan fingerprint density at radius 1 is 1.00 bits per heavy atom. The molecule has 0 N–H and O–H groups in total. The second-order valence-corrected chi connectivity index (χ2v) is 8.18. The molecule has 0 radical (unpaired) electrons. The van der Waals surface area contributed by atoms with E-state index in [0.29, 0.717) is 31.7 Å². The number of benzene rings is 2. The second kappa shape index (κ2) is 8.01. The molecule has 0 spiro atoms. The van der Waals surface area contributed by atoms with E-state index in [2.05, 4.69) is 0 Å². The van der Waals surface area contributed by atoms with Gasteiger partial charge in [-0.25, -0.2) is 0 Å². The summed E-state index contributed by atoms with van der Waals surface area (Å²) in [6, 6.07) is 13.8. The predicted octanol–water partition coefficient (Wildman–Crippen LogP) is 3.56. The summed E-state index contributed by atoms with van der Waals surface area (Å²) < 4.78 is 11.4. The number of nitrogens with zero attached hydrogens (tertiary/aromatic N) is 2. The van der Waals surface area contributed by atoms with Gasteiger partial charge in [0.05, 0.1) is 6.04 Å². The lowest BCUT2D eigenvalue weighted by molar-refractivity contribution is -0.128. The van der Waals surface area contributed by atoms with E-state index in [1.165, 1.54) is 0 Å². The van der Waals surface area contributed by atoms with Gasteiger partial charge in [-0.05, 0) is 54.7 Å². The van der Waals surface area contributed by atoms with E-state index in [1.54, 1.807) is 0 Å². The Morgan fingerprint density at radius 3 is 2.70 bits per heavy atom. The number of rotatable bonds is 4. The number of likely N-dealkylation sites (tertiary alicyclic amines) is 2. The smallest absolute Gasteiger partial charge is 0.254 e. The summed E-state index contributed by atoms with van der Waals surface area (Å²) in [6.07, 6.45) is 3.46. The molecular weight excluding hydrogens is 380 g/mol. The quantitative estimate of drug-likeness (QED) is 0.779. The highest BCUT2D eigenvalue weighted by Gasteiger charge is 2.31. The molecule has 6 nitrogen and oxygen atoms in total. The maximum absolute atomic E-state index is 13.4. The van der Waals surface area contributed by atoms with Crippen LogP contribution in [0.5, 0.6) is 11.5 Å². The summed E-state index contributed by atoms with van der Waals surface area (Å²) in [4.78, 5) is 29.1. The minimum atomic E-state index is 0.0390. The lowest BCUT2D eigenvalue weighted by Gasteiger charge is -2.27. The van der Waals surface area contributed by atoms with Crippen LogP contribution in [-0.2, 0) is 11.3 Å². The summed E-state index contributed by atoms with van der Waals surface area (Å²) in [5.74, 6) is 1.77. The van der Waals surface area contributed by atoms with Gasteiger partial charge in [-0.2, -0.15) is 0 Å². The topological polar surface area (TPSA) is 59.1 Å². The molecule has 0 aliphatic carbocycles. The molecule has 3 aliphatic heterocycles. The third kappa shape index (κ3) is 3.62. The summed E-state index contributed by atoms with van der Waals surface area (Å²) in [6.45, 7) is 3.24. The van der Waals surface area contributed by atoms with Crippen LogP contribution in [-0.4, -0.2) is 47.9 Å². The number of hydrogen-bond donors (Lipinski definition) is 0. The van der Waals surface area contributed by atoms with E-state index in [4.69, 9.17) is 9.47 Å². The van der Waals surface area contributed by atoms with E-state index in [0.717, 1.165) is 55.0 Å². The van der Waals surface area contributed by atoms with Gasteiger partial charge in [-0.3, -0.25) is 9.59 Å². The summed E-state index contributed by atoms with van der Waals surface area (Å²) >= 11 is 0. The van der Waals surface area contributed by atoms with Gasteiger partial charge in [0.15, 0.2) is 11.5 Å². The van der Waals surface area contributed by atoms with E-state index >= 15 is 0 Å². The number of ether oxygens (including phenoxy) is 2. The van der Waals surface area contributed by atoms with E-state index in [-0.39, 0.29) is 17.9 Å². The maximum atomic E-state index is 13.4. The van der Waals surface area contributed by atoms with Crippen molar-refractivity contribution in [1.82, 2.24) is 9.80 Å². The zero-order chi connectivity index (χ0) is 20.5. The molecule has 0 aromatic heterocycles. The van der Waals surface area contributed by atoms with Crippen molar-refractivity contribution in [2.75, 3.05) is 26.3 Å². The first-order valence-corrected chi connectivity index (χ1v) is 10.8. The SMILES string of the molecule is O=C1CCCN1Cc1cccc(C(=O)N2CCCC2c2ccc3c(c2)OCCO3)c1. The van der Waals surface area contributed by atoms with Crippen LogP contribution in [0, 0.1) is 0 Å². The van der Waals surface area contributed by atoms with E-state index < -0.39 is 0 Å². The molecule has 2 amide bonds. The molecule has 3 aliphatic rings. The Bertz CT molecular complexity index is 973. The normalized spacial score (nSPS) is 20.7. The molecule has 2 saturated heterocycles. The molecule has 3 heterocycles. The van der Waals surface area contributed by atoms with E-state index in [9.17, 15) is 9.59 Å². The van der Waals surface area contributed by atoms with Crippen molar-refractivity contribution in [3.8, 4) is 11.5 Å². The number of hydrogen-bond acceptors (Lipinski definition) is 4. The predicted molar refractivity (Wildman–Crippen MR) is 112 cm³/mol. The van der Waals surface area contributed by atoms with Crippen LogP contribution in [0.3, 0.4) is 0 Å². The van der Waals surface area contributed by atoms with Gasteiger partial charge in [0, 0.05) is 31.6 Å². The molecule has 2 fully saturated rings. The van der Waals surface area contributed by atoms with Crippen molar-refractivity contribution < 1.29 is 19.1 Å². The highest BCUT2D eigenvalue weighted by atomic mass is 16.6. The molecule has 6 heteroatoms. The van der Waals surface area contributed by atoms with Gasteiger partial charge >= 0.3 is 0 Å². The third-order valence-electron chi connectivity index (χ3n) is 6.18. The Kier molecular flexibility index (Phi) is 5.07. The molecule has 0 saturated carbocycles. The summed E-state index contributed by atoms with van der Waals surface area (Å²) in [7, 11) is 0. The number of amides is 2. The highest BCUT2D eigenvalue weighted by molar-refractivity contribution is 5.95. The fourth-order valence-corrected chi connectivity index (χ4v) is 4.68. The molecule has 156 valence electrons. The van der Waals surface area contributed by atoms with Crippen molar-refractivity contribution >= 4 is 11.8 Å². The fourth-order valence-electron chi connectivity index (χ4n) is 4.68. The van der Waals surface area contributed by atoms with Crippen LogP contribution in [0.15, 0.2) is 42.5 Å². The van der Waals surface area contributed by atoms with Crippen molar-refractivity contribution in [1.29, 1.82) is 0 Å². The zero-order valence-corrected chi connectivity index (χ0v) is 17.0. The van der Waals surface area contributed by atoms with Gasteiger partial charge in [-0.15, -0.1) is 0 Å². The van der Waals surface area contributed by atoms with Crippen LogP contribution in [0.25, 0.3) is 0 Å². The Hall–Kier alpha value is -3.02. The first-order chi connectivity index (χ1) is 14.7. The van der Waals surface area contributed by atoms with Crippen LogP contribution in [0.4, 0.5) is 0 Å². The van der Waals surface area contributed by atoms with Crippen LogP contribution in [0.2, 0.25) is 0 Å². The molecule has 2 aromatic carbocycles. The molecule has 5 rings (SSSR count). The largest absolute Gasteiger partial charge is 0.486 e. The van der Waals surface area contributed by atoms with Gasteiger partial charge in [-0.1, -0.05) is 18.2 Å². The molecule has 30 heavy (non-hydrogen) atoms. The van der Waals surface area contributed by atoms with Gasteiger partial charge in [0.2, 0.25) is 5.91 Å². The van der Waals surface area contributed by atoms with Crippen molar-refractivity contribution in [2.45, 2.75) is 38.3 Å². The van der Waals surface area contributed by atoms with Crippen molar-refractivity contribution in [3.63, 3.8) is 0 Å². The summed E-state index contributed by atoms with van der Waals surface area (Å²) in [5.41, 5.74) is 2.78. The Labute approximate surface area is 176 Å². The minimum Gasteiger partial charge on any atom is -0.486 e. The molecular formula is C24H26N2O4. The Morgan fingerprint density at radius 2 is 1.87 bits per heavy atom. The number of carbonyl (C=O) groups is 2. The highest BCUT2D eigenvalue weighted by Crippen LogP contribution is 2.38. The van der Waals surface area contributed by atoms with Crippen molar-refractivity contribution in [3.05, 3.63) is 59.2 Å². The number of fused-ring (bicyclic) bond motifs is 1. The van der Waals surface area contributed by atoms with Crippen molar-refractivity contribution in [2.24, 2.45) is 0 Å². The van der Waals surface area contributed by atoms with E-state index in [1.807, 2.05) is 52.3 Å². The van der Waals surface area contributed by atoms with Crippen LogP contribution >= 0.6 is 0 Å². The van der Waals surface area contributed by atoms with Gasteiger partial charge in [0.25, 0.3) is 5.91 Å². The van der Waals surface area contributed by atoms with Gasteiger partial charge < -0.3 is 19.3 Å². The molecule has 0 bridgehead atoms. The minimum absolute atomic E-state index is 0.0390. The first-order valence-electron chi connectivity index (χ1n) is 10.8. The summed E-state index contributed by atoms with van der Waals surface area (Å²) in [5, 5.41) is 0. The average Bonchev–Trinajstić information content (AvgIpc) is 3.42. The van der Waals surface area contributed by atoms with Gasteiger partial charge in [0.1, 0.15) is 13.2 Å². The average molecular weight is 406 g/mol. The fraction of sp³-hybridized carbons (Fsp3) is 0.417. The molecule has 2 aromatic rings. The first kappa shape index (κ1) is 19.0. The lowest BCUT2D eigenvalue weighted by atomic mass is 10.0. The second-order valence-electron chi connectivity index (χ2n) is 8.18. The molecule has 1 atom stereocenters. The standard InChI is InChI=1S/C24H26N2O4/c27-23-7-3-10-25(23)16-17-4-1-5-19(14-17)24(28)26-11-2-6-20(26)18-8-9-21-22(15-18)30-13-12-29-21/h1,4-5,8-9,14-15,20H,2-3,6-7,10-13,16H2. The van der Waals surface area contributed by atoms with Crippen LogP contribution < -0.4 is 9.47 Å². The maximum Gasteiger partial charge on any atom is 0.254 e. The Balaban J connectivity index is 1.35. The van der Waals surface area contributed by atoms with Crippen LogP contribution in [0.1, 0.15) is 53.2 Å². The third-order valence-corrected chi connectivity index (χ3v) is 6.18. The number of carbonyl (C=O) groups excluding carboxylic acids is 2. The zero-order valence-electron chi connectivity index (χ0n) is 17.0. The lowest BCUT2D eigenvalue weighted by Crippen LogP contribution is -2.31. The molecule has 1 unspecified atom stereocenters. The monoisotopic (exact) mass is 406 g/mol.